The molecule has 0 radical (unpaired) electrons. The topological polar surface area (TPSA) is 133 Å². The fourth-order valence-corrected chi connectivity index (χ4v) is 6.55. The Bertz CT molecular complexity index is 861. The number of alkyl carbamates (subject to hydrolysis) is 1. The van der Waals surface area contributed by atoms with Crippen LogP contribution in [0.25, 0.3) is 0 Å². The molecule has 5 N–H and O–H groups in total. The van der Waals surface area contributed by atoms with Crippen molar-refractivity contribution >= 4 is 18.2 Å². The number of methoxy groups -OCH3 is 1. The molecular formula is C27H46N4O5. The minimum absolute atomic E-state index is 0.00889. The molecule has 8 atom stereocenters. The van der Waals surface area contributed by atoms with Crippen LogP contribution in [0.15, 0.2) is 12.3 Å². The highest BCUT2D eigenvalue weighted by Gasteiger charge is 2.66. The monoisotopic (exact) mass is 506 g/mol. The van der Waals surface area contributed by atoms with Gasteiger partial charge in [-0.15, -0.1) is 0 Å². The SMILES string of the molecule is COC(=O)NC(C)(C)/C=C/NC(OCC(C)C)C(C)(C=N)C(=O)NC1C2CC(C)CC3(C2)C(O)CC13. The maximum atomic E-state index is 13.8. The summed E-state index contributed by atoms with van der Waals surface area (Å²) < 4.78 is 10.8. The second-order valence-corrected chi connectivity index (χ2v) is 12.5. The van der Waals surface area contributed by atoms with Gasteiger partial charge in [-0.05, 0) is 82.4 Å². The number of fused-ring (bicyclic) bond motifs is 1. The van der Waals surface area contributed by atoms with Gasteiger partial charge in [0.05, 0.1) is 25.4 Å². The van der Waals surface area contributed by atoms with Crippen molar-refractivity contribution in [2.24, 2.45) is 34.5 Å². The molecule has 1 spiro atoms. The molecule has 3 rings (SSSR count). The average molecular weight is 507 g/mol. The first kappa shape index (κ1) is 28.4. The van der Waals surface area contributed by atoms with Crippen LogP contribution >= 0.6 is 0 Å². The van der Waals surface area contributed by atoms with E-state index < -0.39 is 23.3 Å². The average Bonchev–Trinajstić information content (AvgIpc) is 2.97. The van der Waals surface area contributed by atoms with Crippen LogP contribution in [0.1, 0.15) is 67.2 Å². The second-order valence-electron chi connectivity index (χ2n) is 12.5. The van der Waals surface area contributed by atoms with Crippen LogP contribution in [-0.4, -0.2) is 61.0 Å². The van der Waals surface area contributed by atoms with E-state index >= 15 is 0 Å². The van der Waals surface area contributed by atoms with E-state index in [1.807, 2.05) is 27.7 Å². The zero-order valence-electron chi connectivity index (χ0n) is 22.9. The van der Waals surface area contributed by atoms with E-state index in [2.05, 4.69) is 27.6 Å². The van der Waals surface area contributed by atoms with E-state index in [1.54, 1.807) is 19.2 Å². The van der Waals surface area contributed by atoms with Crippen molar-refractivity contribution in [2.75, 3.05) is 13.7 Å². The van der Waals surface area contributed by atoms with E-state index in [0.717, 1.165) is 31.9 Å². The molecule has 9 nitrogen and oxygen atoms in total. The number of carbonyl (C=O) groups is 2. The molecule has 3 aliphatic carbocycles. The molecule has 0 aromatic heterocycles. The zero-order chi connectivity index (χ0) is 26.9. The third kappa shape index (κ3) is 5.57. The van der Waals surface area contributed by atoms with Crippen LogP contribution < -0.4 is 16.0 Å². The van der Waals surface area contributed by atoms with Crippen LogP contribution in [0, 0.1) is 39.9 Å². The Morgan fingerprint density at radius 3 is 2.50 bits per heavy atom. The molecule has 3 saturated carbocycles. The van der Waals surface area contributed by atoms with Crippen LogP contribution in [0.2, 0.25) is 0 Å². The molecule has 9 heteroatoms. The first-order valence-electron chi connectivity index (χ1n) is 13.2. The number of aliphatic hydroxyl groups is 1. The van der Waals surface area contributed by atoms with E-state index in [-0.39, 0.29) is 35.3 Å². The highest BCUT2D eigenvalue weighted by atomic mass is 16.5. The smallest absolute Gasteiger partial charge is 0.407 e. The lowest BCUT2D eigenvalue weighted by Crippen LogP contribution is -2.60. The minimum atomic E-state index is -1.27. The largest absolute Gasteiger partial charge is 0.453 e. The lowest BCUT2D eigenvalue weighted by Gasteiger charge is -2.53. The summed E-state index contributed by atoms with van der Waals surface area (Å²) in [5, 5.41) is 28.0. The number of carbonyl (C=O) groups excluding carboxylic acids is 2. The molecule has 36 heavy (non-hydrogen) atoms. The fraction of sp³-hybridized carbons (Fsp3) is 0.815. The van der Waals surface area contributed by atoms with Crippen molar-refractivity contribution in [3.05, 3.63) is 12.3 Å². The highest BCUT2D eigenvalue weighted by Crippen LogP contribution is 2.66. The van der Waals surface area contributed by atoms with Gasteiger partial charge in [0.2, 0.25) is 5.91 Å². The van der Waals surface area contributed by atoms with Gasteiger partial charge in [-0.25, -0.2) is 4.79 Å². The second kappa shape index (κ2) is 10.7. The van der Waals surface area contributed by atoms with Gasteiger partial charge < -0.3 is 35.9 Å². The molecule has 2 bridgehead atoms. The molecule has 0 saturated heterocycles. The van der Waals surface area contributed by atoms with Crippen molar-refractivity contribution in [3.8, 4) is 0 Å². The Kier molecular flexibility index (Phi) is 8.45. The van der Waals surface area contributed by atoms with Gasteiger partial charge in [-0.1, -0.05) is 20.8 Å². The summed E-state index contributed by atoms with van der Waals surface area (Å²) in [6.07, 6.45) is 6.70. The van der Waals surface area contributed by atoms with Gasteiger partial charge in [-0.2, -0.15) is 0 Å². The molecule has 0 heterocycles. The first-order valence-corrected chi connectivity index (χ1v) is 13.2. The number of amides is 2. The van der Waals surface area contributed by atoms with Crippen LogP contribution in [-0.2, 0) is 14.3 Å². The summed E-state index contributed by atoms with van der Waals surface area (Å²) in [7, 11) is 1.31. The number of aliphatic hydroxyl groups excluding tert-OH is 1. The molecule has 0 aromatic rings. The first-order chi connectivity index (χ1) is 16.8. The molecule has 8 unspecified atom stereocenters. The Balaban J connectivity index is 1.76. The Labute approximate surface area is 215 Å². The van der Waals surface area contributed by atoms with Crippen molar-refractivity contribution in [1.29, 1.82) is 5.41 Å². The predicted molar refractivity (Wildman–Crippen MR) is 138 cm³/mol. The van der Waals surface area contributed by atoms with Gasteiger partial charge in [0.1, 0.15) is 11.6 Å². The third-order valence-electron chi connectivity index (χ3n) is 8.48. The standard InChI is InChI=1S/C27H46N4O5/c1-16(2)14-36-23(29-9-8-25(4,5)31-24(34)35-7)26(6,15-28)22(33)30-21-18-10-17(3)12-27(13-18)19(21)11-20(27)32/h8-9,15-21,23,28-29,32H,10-14H2,1-7H3,(H,30,33)(H,31,34)/b9-8+,28-15?. The number of ether oxygens (including phenoxy) is 2. The van der Waals surface area contributed by atoms with Crippen LogP contribution in [0.5, 0.6) is 0 Å². The van der Waals surface area contributed by atoms with E-state index in [1.165, 1.54) is 7.11 Å². The summed E-state index contributed by atoms with van der Waals surface area (Å²) in [5.74, 6) is 1.16. The van der Waals surface area contributed by atoms with Gasteiger partial charge in [-0.3, -0.25) is 4.79 Å². The highest BCUT2D eigenvalue weighted by molar-refractivity contribution is 5.98. The van der Waals surface area contributed by atoms with E-state index in [9.17, 15) is 14.7 Å². The number of rotatable bonds is 11. The molecule has 3 aliphatic rings. The molecule has 0 aliphatic heterocycles. The molecule has 0 aromatic carbocycles. The van der Waals surface area contributed by atoms with Crippen molar-refractivity contribution < 1.29 is 24.2 Å². The summed E-state index contributed by atoms with van der Waals surface area (Å²) in [4.78, 5) is 25.4. The zero-order valence-corrected chi connectivity index (χ0v) is 22.9. The van der Waals surface area contributed by atoms with Crippen LogP contribution in [0.3, 0.4) is 0 Å². The lowest BCUT2D eigenvalue weighted by molar-refractivity contribution is -0.141. The van der Waals surface area contributed by atoms with Gasteiger partial charge in [0.25, 0.3) is 0 Å². The normalized spacial score (nSPS) is 33.8. The molecule has 3 fully saturated rings. The van der Waals surface area contributed by atoms with Gasteiger partial charge in [0.15, 0.2) is 0 Å². The van der Waals surface area contributed by atoms with Gasteiger partial charge >= 0.3 is 6.09 Å². The predicted octanol–water partition coefficient (Wildman–Crippen LogP) is 3.18. The summed E-state index contributed by atoms with van der Waals surface area (Å²) >= 11 is 0. The summed E-state index contributed by atoms with van der Waals surface area (Å²) in [6.45, 7) is 12.1. The van der Waals surface area contributed by atoms with E-state index in [4.69, 9.17) is 10.1 Å². The number of hydrogen-bond donors (Lipinski definition) is 5. The number of nitrogens with one attached hydrogen (secondary N) is 4. The van der Waals surface area contributed by atoms with Crippen molar-refractivity contribution in [1.82, 2.24) is 16.0 Å². The van der Waals surface area contributed by atoms with Crippen molar-refractivity contribution in [3.63, 3.8) is 0 Å². The maximum Gasteiger partial charge on any atom is 0.407 e. The van der Waals surface area contributed by atoms with E-state index in [0.29, 0.717) is 18.4 Å². The quantitative estimate of drug-likeness (QED) is 0.216. The fourth-order valence-electron chi connectivity index (χ4n) is 6.55. The Morgan fingerprint density at radius 2 is 1.92 bits per heavy atom. The lowest BCUT2D eigenvalue weighted by atomic mass is 9.55. The summed E-state index contributed by atoms with van der Waals surface area (Å²) in [6, 6.07) is 0.00889. The molecular weight excluding hydrogens is 460 g/mol. The summed E-state index contributed by atoms with van der Waals surface area (Å²) in [5.41, 5.74) is -2.03. The number of hydrogen-bond acceptors (Lipinski definition) is 7. The molecule has 2 amide bonds. The Hall–Kier alpha value is -2.13. The minimum Gasteiger partial charge on any atom is -0.453 e. The van der Waals surface area contributed by atoms with Crippen molar-refractivity contribution in [2.45, 2.75) is 91.1 Å². The maximum absolute atomic E-state index is 13.8. The van der Waals surface area contributed by atoms with Gasteiger partial charge in [0, 0.05) is 17.7 Å². The third-order valence-corrected chi connectivity index (χ3v) is 8.48. The Morgan fingerprint density at radius 1 is 1.22 bits per heavy atom. The van der Waals surface area contributed by atoms with Crippen LogP contribution in [0.4, 0.5) is 4.79 Å². The molecule has 204 valence electrons.